The number of nitrogens with one attached hydrogen (secondary N) is 1. The number of rotatable bonds is 4. The van der Waals surface area contributed by atoms with Gasteiger partial charge in [-0.05, 0) is 31.0 Å². The molecule has 1 aliphatic heterocycles. The Hall–Kier alpha value is -1.27. The highest BCUT2D eigenvalue weighted by Crippen LogP contribution is 2.28. The van der Waals surface area contributed by atoms with Crippen molar-refractivity contribution in [2.45, 2.75) is 50.6 Å². The Bertz CT molecular complexity index is 664. The lowest BCUT2D eigenvalue weighted by molar-refractivity contribution is -0.116. The molecule has 0 radical (unpaired) electrons. The summed E-state index contributed by atoms with van der Waals surface area (Å²) in [6, 6.07) is 4.76. The predicted molar refractivity (Wildman–Crippen MR) is 103 cm³/mol. The van der Waals surface area contributed by atoms with Gasteiger partial charge in [0.1, 0.15) is 5.82 Å². The highest BCUT2D eigenvalue weighted by molar-refractivity contribution is 8.14. The van der Waals surface area contributed by atoms with Gasteiger partial charge in [-0.25, -0.2) is 4.39 Å². The zero-order valence-corrected chi connectivity index (χ0v) is 15.9. The molecule has 1 heterocycles. The van der Waals surface area contributed by atoms with E-state index in [1.54, 1.807) is 17.8 Å². The van der Waals surface area contributed by atoms with Gasteiger partial charge in [-0.15, -0.1) is 0 Å². The van der Waals surface area contributed by atoms with Crippen LogP contribution in [0.2, 0.25) is 5.02 Å². The van der Waals surface area contributed by atoms with Gasteiger partial charge in [-0.3, -0.25) is 9.79 Å². The molecular weight excluding hydrogens is 361 g/mol. The molecule has 4 nitrogen and oxygen atoms in total. The van der Waals surface area contributed by atoms with E-state index in [4.69, 9.17) is 16.6 Å². The Morgan fingerprint density at radius 1 is 1.40 bits per heavy atom. The van der Waals surface area contributed by atoms with Crippen LogP contribution < -0.4 is 5.32 Å². The minimum atomic E-state index is -0.519. The van der Waals surface area contributed by atoms with Gasteiger partial charge in [0.2, 0.25) is 5.91 Å². The van der Waals surface area contributed by atoms with Gasteiger partial charge >= 0.3 is 0 Å². The van der Waals surface area contributed by atoms with Crippen LogP contribution in [-0.2, 0) is 4.79 Å². The number of aliphatic imine (C=N–C) groups is 1. The van der Waals surface area contributed by atoms with Crippen molar-refractivity contribution in [2.24, 2.45) is 4.99 Å². The number of amidine groups is 1. The molecule has 7 heteroatoms. The number of hydrogen-bond acceptors (Lipinski definition) is 3. The topological polar surface area (TPSA) is 44.7 Å². The molecule has 2 aliphatic rings. The minimum Gasteiger partial charge on any atom is -0.350 e. The van der Waals surface area contributed by atoms with Crippen molar-refractivity contribution >= 4 is 40.1 Å². The van der Waals surface area contributed by atoms with Crippen molar-refractivity contribution in [1.29, 1.82) is 0 Å². The Labute approximate surface area is 157 Å². The van der Waals surface area contributed by atoms with E-state index in [2.05, 4.69) is 10.2 Å². The van der Waals surface area contributed by atoms with E-state index in [-0.39, 0.29) is 17.6 Å². The van der Waals surface area contributed by atoms with Gasteiger partial charge in [0.05, 0.1) is 11.7 Å². The second-order valence-electron chi connectivity index (χ2n) is 6.66. The number of halogens is 2. The third kappa shape index (κ3) is 4.88. The van der Waals surface area contributed by atoms with Gasteiger partial charge in [0.15, 0.2) is 5.17 Å². The average Bonchev–Trinajstić information content (AvgIpc) is 2.92. The number of benzene rings is 1. The van der Waals surface area contributed by atoms with Gasteiger partial charge in [-0.1, -0.05) is 42.6 Å². The molecule has 0 aromatic heterocycles. The minimum absolute atomic E-state index is 0.0858. The quantitative estimate of drug-likeness (QED) is 0.829. The standard InChI is InChI=1S/C18H23ClFN3OS/c1-23-14(11-25-18(23)21-13-5-3-2-4-6-13)10-17(24)22-16-8-7-12(19)9-15(16)20/h7-9,13-14H,2-6,10-11H2,1H3,(H,22,24). The first kappa shape index (κ1) is 18.5. The molecule has 1 amide bonds. The molecule has 0 bridgehead atoms. The van der Waals surface area contributed by atoms with E-state index in [1.807, 2.05) is 7.05 Å². The predicted octanol–water partition coefficient (Wildman–Crippen LogP) is 4.54. The Morgan fingerprint density at radius 2 is 2.16 bits per heavy atom. The summed E-state index contributed by atoms with van der Waals surface area (Å²) >= 11 is 7.44. The number of amides is 1. The fraction of sp³-hybridized carbons (Fsp3) is 0.556. The van der Waals surface area contributed by atoms with Gasteiger partial charge in [-0.2, -0.15) is 0 Å². The lowest BCUT2D eigenvalue weighted by Crippen LogP contribution is -2.34. The van der Waals surface area contributed by atoms with Crippen molar-refractivity contribution in [3.8, 4) is 0 Å². The third-order valence-corrected chi connectivity index (χ3v) is 6.19. The summed E-state index contributed by atoms with van der Waals surface area (Å²) in [7, 11) is 1.99. The molecular formula is C18H23ClFN3OS. The Morgan fingerprint density at radius 3 is 2.88 bits per heavy atom. The molecule has 1 aromatic rings. The number of carbonyl (C=O) groups is 1. The lowest BCUT2D eigenvalue weighted by Gasteiger charge is -2.23. The van der Waals surface area contributed by atoms with Gasteiger partial charge < -0.3 is 10.2 Å². The summed E-state index contributed by atoms with van der Waals surface area (Å²) in [5.41, 5.74) is 0.166. The van der Waals surface area contributed by atoms with E-state index in [0.29, 0.717) is 17.5 Å². The summed E-state index contributed by atoms with van der Waals surface area (Å²) in [5, 5.41) is 3.97. The van der Waals surface area contributed by atoms with Crippen LogP contribution in [0.25, 0.3) is 0 Å². The zero-order valence-electron chi connectivity index (χ0n) is 14.3. The maximum atomic E-state index is 13.8. The van der Waals surface area contributed by atoms with E-state index >= 15 is 0 Å². The molecule has 2 fully saturated rings. The molecule has 3 rings (SSSR count). The van der Waals surface area contributed by atoms with E-state index < -0.39 is 5.82 Å². The van der Waals surface area contributed by atoms with E-state index in [1.165, 1.54) is 44.2 Å². The Balaban J connectivity index is 1.56. The first-order valence-corrected chi connectivity index (χ1v) is 10.1. The second kappa shape index (κ2) is 8.41. The van der Waals surface area contributed by atoms with Crippen molar-refractivity contribution in [3.63, 3.8) is 0 Å². The largest absolute Gasteiger partial charge is 0.350 e. The molecule has 1 aliphatic carbocycles. The van der Waals surface area contributed by atoms with Crippen LogP contribution >= 0.6 is 23.4 Å². The first-order chi connectivity index (χ1) is 12.0. The zero-order chi connectivity index (χ0) is 17.8. The molecule has 0 spiro atoms. The van der Waals surface area contributed by atoms with Gasteiger partial charge in [0.25, 0.3) is 0 Å². The monoisotopic (exact) mass is 383 g/mol. The van der Waals surface area contributed by atoms with Crippen LogP contribution in [0.3, 0.4) is 0 Å². The second-order valence-corrected chi connectivity index (χ2v) is 8.08. The van der Waals surface area contributed by atoms with Crippen molar-refractivity contribution in [1.82, 2.24) is 4.90 Å². The molecule has 136 valence electrons. The van der Waals surface area contributed by atoms with Crippen LogP contribution in [0.15, 0.2) is 23.2 Å². The fourth-order valence-corrected chi connectivity index (χ4v) is 4.66. The molecule has 1 saturated heterocycles. The summed E-state index contributed by atoms with van der Waals surface area (Å²) < 4.78 is 13.8. The van der Waals surface area contributed by atoms with Crippen LogP contribution in [-0.4, -0.2) is 40.9 Å². The van der Waals surface area contributed by atoms with Crippen LogP contribution in [0.4, 0.5) is 10.1 Å². The molecule has 1 unspecified atom stereocenters. The Kier molecular flexibility index (Phi) is 6.23. The normalized spacial score (nSPS) is 23.2. The smallest absolute Gasteiger partial charge is 0.226 e. The first-order valence-electron chi connectivity index (χ1n) is 8.71. The highest BCUT2D eigenvalue weighted by atomic mass is 35.5. The number of nitrogens with zero attached hydrogens (tertiary/aromatic N) is 2. The van der Waals surface area contributed by atoms with Crippen molar-refractivity contribution in [2.75, 3.05) is 18.1 Å². The SMILES string of the molecule is CN1C(=NC2CCCCC2)SCC1CC(=O)Nc1ccc(Cl)cc1F. The average molecular weight is 384 g/mol. The maximum absolute atomic E-state index is 13.8. The van der Waals surface area contributed by atoms with Gasteiger partial charge in [0, 0.05) is 30.3 Å². The maximum Gasteiger partial charge on any atom is 0.226 e. The molecule has 1 saturated carbocycles. The van der Waals surface area contributed by atoms with Crippen LogP contribution in [0.5, 0.6) is 0 Å². The summed E-state index contributed by atoms with van der Waals surface area (Å²) in [5.74, 6) is 0.116. The van der Waals surface area contributed by atoms with E-state index in [0.717, 1.165) is 10.9 Å². The van der Waals surface area contributed by atoms with Crippen molar-refractivity contribution < 1.29 is 9.18 Å². The molecule has 1 aromatic carbocycles. The fourth-order valence-electron chi connectivity index (χ4n) is 3.24. The lowest BCUT2D eigenvalue weighted by atomic mass is 9.96. The number of hydrogen-bond donors (Lipinski definition) is 1. The molecule has 25 heavy (non-hydrogen) atoms. The summed E-state index contributed by atoms with van der Waals surface area (Å²) in [6.07, 6.45) is 6.48. The van der Waals surface area contributed by atoms with Crippen molar-refractivity contribution in [3.05, 3.63) is 29.0 Å². The number of anilines is 1. The molecule has 1 N–H and O–H groups in total. The highest BCUT2D eigenvalue weighted by Gasteiger charge is 2.30. The van der Waals surface area contributed by atoms with Crippen LogP contribution in [0, 0.1) is 5.82 Å². The summed E-state index contributed by atoms with van der Waals surface area (Å²) in [6.45, 7) is 0. The number of carbonyl (C=O) groups excluding carboxylic acids is 1. The van der Waals surface area contributed by atoms with Crippen LogP contribution in [0.1, 0.15) is 38.5 Å². The molecule has 1 atom stereocenters. The number of thioether (sulfide) groups is 1. The summed E-state index contributed by atoms with van der Waals surface area (Å²) in [4.78, 5) is 19.2. The third-order valence-electron chi connectivity index (χ3n) is 4.75. The van der Waals surface area contributed by atoms with E-state index in [9.17, 15) is 9.18 Å².